The Morgan fingerprint density at radius 3 is 2.63 bits per heavy atom. The Kier molecular flexibility index (Phi) is 5.10. The second-order valence-corrected chi connectivity index (χ2v) is 8.03. The number of rotatable bonds is 4. The van der Waals surface area contributed by atoms with Gasteiger partial charge < -0.3 is 14.7 Å². The summed E-state index contributed by atoms with van der Waals surface area (Å²) >= 11 is 0. The SMILES string of the molecule is Cc1ccccc1-c1cc(C(=O)/N=c2\[nH]c3ccccc3n2CC(C)(C)O)ccn1. The maximum Gasteiger partial charge on any atom is 0.280 e. The van der Waals surface area contributed by atoms with Crippen LogP contribution >= 0.6 is 0 Å². The first-order valence-corrected chi connectivity index (χ1v) is 9.83. The molecule has 0 aliphatic heterocycles. The molecular formula is C24H24N4O2. The van der Waals surface area contributed by atoms with Crippen molar-refractivity contribution in [3.8, 4) is 11.3 Å². The maximum atomic E-state index is 13.0. The molecule has 0 unspecified atom stereocenters. The summed E-state index contributed by atoms with van der Waals surface area (Å²) in [5.74, 6) is -0.372. The first-order valence-electron chi connectivity index (χ1n) is 9.83. The summed E-state index contributed by atoms with van der Waals surface area (Å²) in [4.78, 5) is 24.9. The van der Waals surface area contributed by atoms with Crippen LogP contribution in [0.2, 0.25) is 0 Å². The minimum absolute atomic E-state index is 0.300. The second-order valence-electron chi connectivity index (χ2n) is 8.03. The lowest BCUT2D eigenvalue weighted by atomic mass is 10.0. The summed E-state index contributed by atoms with van der Waals surface area (Å²) in [6, 6.07) is 19.0. The van der Waals surface area contributed by atoms with E-state index in [1.807, 2.05) is 60.0 Å². The van der Waals surface area contributed by atoms with Crippen LogP contribution in [-0.4, -0.2) is 31.1 Å². The first-order chi connectivity index (χ1) is 14.3. The summed E-state index contributed by atoms with van der Waals surface area (Å²) in [7, 11) is 0. The highest BCUT2D eigenvalue weighted by molar-refractivity contribution is 5.95. The third kappa shape index (κ3) is 4.09. The van der Waals surface area contributed by atoms with E-state index in [0.29, 0.717) is 17.7 Å². The van der Waals surface area contributed by atoms with Gasteiger partial charge in [-0.3, -0.25) is 9.78 Å². The Bertz CT molecular complexity index is 1290. The Morgan fingerprint density at radius 1 is 1.13 bits per heavy atom. The maximum absolute atomic E-state index is 13.0. The summed E-state index contributed by atoms with van der Waals surface area (Å²) in [5, 5.41) is 10.3. The van der Waals surface area contributed by atoms with Crippen LogP contribution in [0.5, 0.6) is 0 Å². The predicted octanol–water partition coefficient (Wildman–Crippen LogP) is 3.85. The van der Waals surface area contributed by atoms with Crippen molar-refractivity contribution in [2.75, 3.05) is 0 Å². The van der Waals surface area contributed by atoms with E-state index in [-0.39, 0.29) is 5.91 Å². The van der Waals surface area contributed by atoms with Crippen molar-refractivity contribution in [3.05, 3.63) is 83.6 Å². The topological polar surface area (TPSA) is 83.3 Å². The first kappa shape index (κ1) is 19.8. The molecule has 0 fully saturated rings. The Labute approximate surface area is 174 Å². The van der Waals surface area contributed by atoms with Gasteiger partial charge in [-0.25, -0.2) is 0 Å². The average Bonchev–Trinajstić information content (AvgIpc) is 3.04. The van der Waals surface area contributed by atoms with Gasteiger partial charge >= 0.3 is 0 Å². The molecule has 4 rings (SSSR count). The standard InChI is InChI=1S/C24H24N4O2/c1-16-8-4-5-9-18(16)20-14-17(12-13-25-20)22(29)27-23-26-19-10-6-7-11-21(19)28(23)15-24(2,3)30/h4-14,30H,15H2,1-3H3,(H,26,27,29). The van der Waals surface area contributed by atoms with Gasteiger partial charge in [-0.15, -0.1) is 0 Å². The number of para-hydroxylation sites is 2. The minimum atomic E-state index is -0.961. The number of nitrogens with one attached hydrogen (secondary N) is 1. The predicted molar refractivity (Wildman–Crippen MR) is 117 cm³/mol. The molecule has 0 saturated heterocycles. The fourth-order valence-electron chi connectivity index (χ4n) is 3.48. The van der Waals surface area contributed by atoms with Crippen LogP contribution in [0, 0.1) is 6.92 Å². The lowest BCUT2D eigenvalue weighted by Crippen LogP contribution is -2.32. The Morgan fingerprint density at radius 2 is 1.87 bits per heavy atom. The molecule has 6 heteroatoms. The molecule has 1 amide bonds. The van der Waals surface area contributed by atoms with Gasteiger partial charge in [0.25, 0.3) is 5.91 Å². The number of pyridine rings is 1. The van der Waals surface area contributed by atoms with Crippen molar-refractivity contribution < 1.29 is 9.90 Å². The van der Waals surface area contributed by atoms with Crippen LogP contribution < -0.4 is 5.62 Å². The zero-order chi connectivity index (χ0) is 21.3. The van der Waals surface area contributed by atoms with Crippen molar-refractivity contribution in [2.24, 2.45) is 4.99 Å². The summed E-state index contributed by atoms with van der Waals surface area (Å²) < 4.78 is 1.83. The number of imidazole rings is 1. The van der Waals surface area contributed by atoms with Gasteiger partial charge in [0.05, 0.1) is 28.9 Å². The van der Waals surface area contributed by atoms with E-state index in [4.69, 9.17) is 0 Å². The van der Waals surface area contributed by atoms with Crippen molar-refractivity contribution in [1.29, 1.82) is 0 Å². The molecule has 0 radical (unpaired) electrons. The van der Waals surface area contributed by atoms with Gasteiger partial charge in [-0.1, -0.05) is 36.4 Å². The zero-order valence-corrected chi connectivity index (χ0v) is 17.3. The Balaban J connectivity index is 1.79. The van der Waals surface area contributed by atoms with Crippen molar-refractivity contribution in [2.45, 2.75) is 32.9 Å². The number of aromatic amines is 1. The molecule has 0 spiro atoms. The van der Waals surface area contributed by atoms with Crippen molar-refractivity contribution in [1.82, 2.24) is 14.5 Å². The number of H-pyrrole nitrogens is 1. The van der Waals surface area contributed by atoms with E-state index >= 15 is 0 Å². The molecule has 2 N–H and O–H groups in total. The van der Waals surface area contributed by atoms with E-state index in [0.717, 1.165) is 27.9 Å². The van der Waals surface area contributed by atoms with Crippen LogP contribution in [0.15, 0.2) is 71.9 Å². The monoisotopic (exact) mass is 400 g/mol. The van der Waals surface area contributed by atoms with E-state index in [2.05, 4.69) is 15.0 Å². The second kappa shape index (κ2) is 7.72. The van der Waals surface area contributed by atoms with Crippen LogP contribution in [0.4, 0.5) is 0 Å². The number of fused-ring (bicyclic) bond motifs is 1. The van der Waals surface area contributed by atoms with Gasteiger partial charge in [-0.2, -0.15) is 4.99 Å². The average molecular weight is 400 g/mol. The number of benzene rings is 2. The molecule has 0 bridgehead atoms. The number of hydrogen-bond donors (Lipinski definition) is 2. The van der Waals surface area contributed by atoms with E-state index < -0.39 is 5.60 Å². The van der Waals surface area contributed by atoms with Gasteiger partial charge in [0, 0.05) is 17.3 Å². The number of nitrogens with zero attached hydrogens (tertiary/aromatic N) is 3. The highest BCUT2D eigenvalue weighted by atomic mass is 16.3. The largest absolute Gasteiger partial charge is 0.389 e. The number of carbonyl (C=O) groups excluding carboxylic acids is 1. The summed E-state index contributed by atoms with van der Waals surface area (Å²) in [6.07, 6.45) is 1.63. The van der Waals surface area contributed by atoms with Crippen LogP contribution in [0.1, 0.15) is 29.8 Å². The lowest BCUT2D eigenvalue weighted by molar-refractivity contribution is 0.0612. The molecule has 4 aromatic rings. The molecular weight excluding hydrogens is 376 g/mol. The smallest absolute Gasteiger partial charge is 0.280 e. The molecule has 30 heavy (non-hydrogen) atoms. The molecule has 6 nitrogen and oxygen atoms in total. The third-order valence-electron chi connectivity index (χ3n) is 4.88. The van der Waals surface area contributed by atoms with Crippen molar-refractivity contribution in [3.63, 3.8) is 0 Å². The normalized spacial score (nSPS) is 12.5. The minimum Gasteiger partial charge on any atom is -0.389 e. The number of hydrogen-bond acceptors (Lipinski definition) is 3. The molecule has 0 aliphatic rings. The van der Waals surface area contributed by atoms with E-state index in [9.17, 15) is 9.90 Å². The van der Waals surface area contributed by atoms with E-state index in [1.54, 1.807) is 32.2 Å². The van der Waals surface area contributed by atoms with Gasteiger partial charge in [0.15, 0.2) is 0 Å². The number of carbonyl (C=O) groups is 1. The fraction of sp³-hybridized carbons (Fsp3) is 0.208. The van der Waals surface area contributed by atoms with Crippen LogP contribution in [-0.2, 0) is 6.54 Å². The number of aliphatic hydroxyl groups is 1. The molecule has 152 valence electrons. The quantitative estimate of drug-likeness (QED) is 0.546. The zero-order valence-electron chi connectivity index (χ0n) is 17.3. The number of aromatic nitrogens is 3. The summed E-state index contributed by atoms with van der Waals surface area (Å²) in [5.41, 5.74) is 4.42. The van der Waals surface area contributed by atoms with Crippen LogP contribution in [0.3, 0.4) is 0 Å². The molecule has 0 aliphatic carbocycles. The highest BCUT2D eigenvalue weighted by Crippen LogP contribution is 2.22. The molecule has 2 heterocycles. The molecule has 0 atom stereocenters. The van der Waals surface area contributed by atoms with Crippen molar-refractivity contribution >= 4 is 16.9 Å². The van der Waals surface area contributed by atoms with E-state index in [1.165, 1.54) is 0 Å². The third-order valence-corrected chi connectivity index (χ3v) is 4.88. The number of amides is 1. The van der Waals surface area contributed by atoms with Gasteiger partial charge in [0.2, 0.25) is 5.62 Å². The molecule has 2 aromatic heterocycles. The van der Waals surface area contributed by atoms with Gasteiger partial charge in [-0.05, 0) is 50.6 Å². The molecule has 0 saturated carbocycles. The number of aryl methyl sites for hydroxylation is 1. The Hall–Kier alpha value is -3.51. The lowest BCUT2D eigenvalue weighted by Gasteiger charge is -2.18. The molecule has 2 aromatic carbocycles. The highest BCUT2D eigenvalue weighted by Gasteiger charge is 2.17. The summed E-state index contributed by atoms with van der Waals surface area (Å²) in [6.45, 7) is 5.77. The van der Waals surface area contributed by atoms with Gasteiger partial charge in [0.1, 0.15) is 0 Å². The fourth-order valence-corrected chi connectivity index (χ4v) is 3.48. The van der Waals surface area contributed by atoms with Crippen LogP contribution in [0.25, 0.3) is 22.3 Å².